The Kier molecular flexibility index (Phi) is 2.00. The van der Waals surface area contributed by atoms with Crippen LogP contribution in [-0.2, 0) is 0 Å². The molecule has 2 unspecified atom stereocenters. The smallest absolute Gasteiger partial charge is 0.0628 e. The van der Waals surface area contributed by atoms with Crippen LogP contribution in [0.5, 0.6) is 0 Å². The number of halogens is 3. The van der Waals surface area contributed by atoms with E-state index in [1.54, 1.807) is 0 Å². The van der Waals surface area contributed by atoms with E-state index in [0.29, 0.717) is 0 Å². The van der Waals surface area contributed by atoms with Crippen LogP contribution in [0.3, 0.4) is 0 Å². The number of rotatable bonds is 0. The molecule has 0 spiro atoms. The van der Waals surface area contributed by atoms with E-state index in [-0.39, 0.29) is 6.62 Å². The minimum Gasteiger partial charge on any atom is -0.0814 e. The van der Waals surface area contributed by atoms with Gasteiger partial charge in [-0.05, 0) is 6.62 Å². The van der Waals surface area contributed by atoms with E-state index in [1.165, 1.54) is 0 Å². The monoisotopic (exact) mass is 294 g/mol. The molecule has 0 aromatic heterocycles. The van der Waals surface area contributed by atoms with E-state index in [9.17, 15) is 0 Å². The van der Waals surface area contributed by atoms with E-state index in [1.807, 2.05) is 0 Å². The molecule has 6 heavy (non-hydrogen) atoms. The Morgan fingerprint density at radius 3 is 1.33 bits per heavy atom. The molecule has 36 valence electrons. The van der Waals surface area contributed by atoms with Crippen molar-refractivity contribution in [2.45, 2.75) is 9.14 Å². The van der Waals surface area contributed by atoms with Crippen LogP contribution in [0.1, 0.15) is 0 Å². The molecule has 0 radical (unpaired) electrons. The van der Waals surface area contributed by atoms with Gasteiger partial charge in [-0.2, -0.15) is 0 Å². The molecule has 0 aromatic rings. The highest BCUT2D eigenvalue weighted by molar-refractivity contribution is 9.43. The molecule has 1 aliphatic rings. The van der Waals surface area contributed by atoms with Crippen LogP contribution in [0, 0.1) is 0 Å². The van der Waals surface area contributed by atoms with E-state index in [0.717, 1.165) is 9.14 Å². The van der Waals surface area contributed by atoms with Crippen molar-refractivity contribution in [3.05, 3.63) is 0 Å². The summed E-state index contributed by atoms with van der Waals surface area (Å²) in [6.07, 6.45) is 0. The lowest BCUT2D eigenvalue weighted by Crippen LogP contribution is -1.61. The zero-order valence-electron chi connectivity index (χ0n) is 2.74. The third kappa shape index (κ3) is 0.988. The highest BCUT2D eigenvalue weighted by Gasteiger charge is 2.44. The average Bonchev–Trinajstić information content (AvgIpc) is 1.94. The van der Waals surface area contributed by atoms with Crippen LogP contribution in [0.2, 0.25) is 0 Å². The maximum atomic E-state index is 3.48. The normalized spacial score (nSPS) is 55.5. The summed E-state index contributed by atoms with van der Waals surface area (Å²) in [5.41, 5.74) is 0. The van der Waals surface area contributed by atoms with Gasteiger partial charge in [0, 0.05) is 0 Å². The first-order chi connectivity index (χ1) is 2.73. The zero-order chi connectivity index (χ0) is 4.73. The lowest BCUT2D eigenvalue weighted by atomic mass is 11.0. The minimum atomic E-state index is 0.153. The molecule has 2 atom stereocenters. The molecule has 0 aromatic carbocycles. The summed E-state index contributed by atoms with van der Waals surface area (Å²) in [6.45, 7) is 0.153. The number of hydrogen-bond donors (Lipinski definition) is 0. The van der Waals surface area contributed by atoms with E-state index < -0.39 is 0 Å². The van der Waals surface area contributed by atoms with Crippen molar-refractivity contribution in [3.8, 4) is 0 Å². The van der Waals surface area contributed by atoms with Gasteiger partial charge in [0.1, 0.15) is 0 Å². The molecule has 1 fully saturated rings. The first-order valence-corrected chi connectivity index (χ1v) is 6.79. The van der Waals surface area contributed by atoms with Gasteiger partial charge < -0.3 is 0 Å². The minimum absolute atomic E-state index is 0.153. The van der Waals surface area contributed by atoms with Gasteiger partial charge in [0.25, 0.3) is 0 Å². The summed E-state index contributed by atoms with van der Waals surface area (Å²) in [6, 6.07) is 0. The first-order valence-electron chi connectivity index (χ1n) is 1.46. The maximum Gasteiger partial charge on any atom is 0.0628 e. The molecule has 1 aliphatic heterocycles. The van der Waals surface area contributed by atoms with Crippen molar-refractivity contribution in [2.24, 2.45) is 0 Å². The fourth-order valence-corrected chi connectivity index (χ4v) is 7.37. The molecule has 0 saturated carbocycles. The van der Waals surface area contributed by atoms with E-state index in [2.05, 4.69) is 47.3 Å². The van der Waals surface area contributed by atoms with Gasteiger partial charge in [-0.1, -0.05) is 47.3 Å². The van der Waals surface area contributed by atoms with Gasteiger partial charge in [-0.3, -0.25) is 0 Å². The molecule has 0 bridgehead atoms. The van der Waals surface area contributed by atoms with Gasteiger partial charge in [0.15, 0.2) is 0 Å². The average molecular weight is 297 g/mol. The summed E-state index contributed by atoms with van der Waals surface area (Å²) < 4.78 is 1.46. The lowest BCUT2D eigenvalue weighted by Gasteiger charge is -1.62. The molecule has 4 heteroatoms. The lowest BCUT2D eigenvalue weighted by molar-refractivity contribution is 1.59. The fourth-order valence-electron chi connectivity index (χ4n) is 0.154. The van der Waals surface area contributed by atoms with E-state index >= 15 is 0 Å². The topological polar surface area (TPSA) is 0 Å². The highest BCUT2D eigenvalue weighted by Crippen LogP contribution is 2.77. The van der Waals surface area contributed by atoms with Crippen LogP contribution < -0.4 is 0 Å². The Bertz CT molecular complexity index is 45.5. The number of alkyl halides is 2. The predicted molar refractivity (Wildman–Crippen MR) is 41.3 cm³/mol. The Morgan fingerprint density at radius 2 is 1.33 bits per heavy atom. The third-order valence-corrected chi connectivity index (χ3v) is 13.0. The fraction of sp³-hybridized carbons (Fsp3) is 1.00. The molecule has 1 rings (SSSR count). The number of hydrogen-bond acceptors (Lipinski definition) is 0. The maximum absolute atomic E-state index is 3.48. The summed E-state index contributed by atoms with van der Waals surface area (Å²) in [5, 5.41) is 0. The van der Waals surface area contributed by atoms with Gasteiger partial charge in [0.05, 0.1) is 9.14 Å². The Hall–Kier alpha value is 1.87. The molecular weight excluding hydrogens is 295 g/mol. The van der Waals surface area contributed by atoms with Gasteiger partial charge >= 0.3 is 0 Å². The Balaban J connectivity index is 2.31. The van der Waals surface area contributed by atoms with Crippen LogP contribution in [0.15, 0.2) is 0 Å². The molecule has 0 N–H and O–H groups in total. The van der Waals surface area contributed by atoms with Crippen LogP contribution in [-0.4, -0.2) is 9.14 Å². The second kappa shape index (κ2) is 2.00. The second-order valence-corrected chi connectivity index (χ2v) is 8.74. The first kappa shape index (κ1) is 6.00. The highest BCUT2D eigenvalue weighted by atomic mass is 79.9. The quantitative estimate of drug-likeness (QED) is 0.475. The molecule has 0 amide bonds. The van der Waals surface area contributed by atoms with Crippen molar-refractivity contribution in [3.63, 3.8) is 0 Å². The molecule has 1 saturated heterocycles. The summed E-state index contributed by atoms with van der Waals surface area (Å²) >= 11 is 10.4. The van der Waals surface area contributed by atoms with Crippen molar-refractivity contribution in [2.75, 3.05) is 0 Å². The van der Waals surface area contributed by atoms with Crippen LogP contribution in [0.4, 0.5) is 0 Å². The molecule has 1 heterocycles. The Labute approximate surface area is 62.8 Å². The molecular formula is C2H2Br3P. The van der Waals surface area contributed by atoms with Gasteiger partial charge in [-0.25, -0.2) is 0 Å². The third-order valence-electron chi connectivity index (χ3n) is 0.609. The van der Waals surface area contributed by atoms with Crippen molar-refractivity contribution < 1.29 is 0 Å². The molecule has 0 nitrogen and oxygen atoms in total. The molecule has 0 aliphatic carbocycles. The van der Waals surface area contributed by atoms with Crippen molar-refractivity contribution in [1.82, 2.24) is 0 Å². The summed E-state index contributed by atoms with van der Waals surface area (Å²) in [4.78, 5) is 0. The summed E-state index contributed by atoms with van der Waals surface area (Å²) in [5.74, 6) is 0. The largest absolute Gasteiger partial charge is 0.0814 e. The SMILES string of the molecule is BrC1C(Br)P1Br. The van der Waals surface area contributed by atoms with Crippen LogP contribution in [0.25, 0.3) is 0 Å². The Morgan fingerprint density at radius 1 is 1.17 bits per heavy atom. The second-order valence-electron chi connectivity index (χ2n) is 1.09. The van der Waals surface area contributed by atoms with Crippen molar-refractivity contribution >= 4 is 54.0 Å². The van der Waals surface area contributed by atoms with Crippen LogP contribution >= 0.6 is 54.0 Å². The predicted octanol–water partition coefficient (Wildman–Crippen LogP) is 3.23. The zero-order valence-corrected chi connectivity index (χ0v) is 8.39. The van der Waals surface area contributed by atoms with Crippen molar-refractivity contribution in [1.29, 1.82) is 0 Å². The van der Waals surface area contributed by atoms with Gasteiger partial charge in [0.2, 0.25) is 0 Å². The van der Waals surface area contributed by atoms with E-state index in [4.69, 9.17) is 0 Å². The standard InChI is InChI=1S/C2H2Br3P/c3-1-2(4)6(1)5/h1-2H. The summed E-state index contributed by atoms with van der Waals surface area (Å²) in [7, 11) is 0. The van der Waals surface area contributed by atoms with Gasteiger partial charge in [-0.15, -0.1) is 0 Å².